The monoisotopic (exact) mass is 371 g/mol. The summed E-state index contributed by atoms with van der Waals surface area (Å²) in [5, 5.41) is 9.67. The first kappa shape index (κ1) is 18.9. The highest BCUT2D eigenvalue weighted by atomic mass is 16.5. The number of piperazine rings is 1. The number of anilines is 2. The van der Waals surface area contributed by atoms with E-state index in [1.165, 1.54) is 4.90 Å². The van der Waals surface area contributed by atoms with E-state index in [-0.39, 0.29) is 0 Å². The van der Waals surface area contributed by atoms with Crippen LogP contribution in [-0.2, 0) is 0 Å². The first-order valence-electron chi connectivity index (χ1n) is 9.15. The second-order valence-electron chi connectivity index (χ2n) is 6.21. The molecule has 0 unspecified atom stereocenters. The summed E-state index contributed by atoms with van der Waals surface area (Å²) in [4.78, 5) is 26.1. The van der Waals surface area contributed by atoms with Crippen molar-refractivity contribution in [3.05, 3.63) is 42.7 Å². The van der Waals surface area contributed by atoms with Crippen LogP contribution in [0.1, 0.15) is 6.92 Å². The molecule has 1 amide bonds. The zero-order chi connectivity index (χ0) is 19.1. The van der Waals surface area contributed by atoms with E-state index in [4.69, 9.17) is 4.74 Å². The average molecular weight is 371 g/mol. The lowest BCUT2D eigenvalue weighted by Crippen LogP contribution is -2.49. The van der Waals surface area contributed by atoms with E-state index >= 15 is 0 Å². The van der Waals surface area contributed by atoms with Gasteiger partial charge >= 0.3 is 6.09 Å². The second kappa shape index (κ2) is 9.18. The van der Waals surface area contributed by atoms with E-state index in [1.807, 2.05) is 19.1 Å². The Labute approximate surface area is 159 Å². The highest BCUT2D eigenvalue weighted by molar-refractivity contribution is 5.88. The van der Waals surface area contributed by atoms with Crippen LogP contribution in [0.4, 0.5) is 16.4 Å². The standard InChI is InChI=1S/C19H25N5O3/c1-2-27-17-7-4-3-6-16(17)24(19(25)26)15-12-22-10-13-23(14-11-22)18-20-8-5-9-21-18/h3-9H,2,10-15H2,1H3,(H,25,26). The van der Waals surface area contributed by atoms with Gasteiger partial charge in [-0.25, -0.2) is 14.8 Å². The lowest BCUT2D eigenvalue weighted by Gasteiger charge is -2.35. The third kappa shape index (κ3) is 4.85. The first-order chi connectivity index (χ1) is 13.2. The maximum Gasteiger partial charge on any atom is 0.411 e. The van der Waals surface area contributed by atoms with Gasteiger partial charge in [-0.2, -0.15) is 0 Å². The Bertz CT molecular complexity index is 735. The van der Waals surface area contributed by atoms with E-state index in [2.05, 4.69) is 19.8 Å². The third-order valence-electron chi connectivity index (χ3n) is 4.53. The topological polar surface area (TPSA) is 82.0 Å². The Morgan fingerprint density at radius 1 is 1.15 bits per heavy atom. The molecule has 0 aliphatic carbocycles. The van der Waals surface area contributed by atoms with Crippen LogP contribution in [0, 0.1) is 0 Å². The van der Waals surface area contributed by atoms with Crippen molar-refractivity contribution in [2.24, 2.45) is 0 Å². The molecule has 8 heteroatoms. The molecular formula is C19H25N5O3. The lowest BCUT2D eigenvalue weighted by atomic mass is 10.2. The Morgan fingerprint density at radius 3 is 2.52 bits per heavy atom. The Morgan fingerprint density at radius 2 is 1.85 bits per heavy atom. The number of benzene rings is 1. The SMILES string of the molecule is CCOc1ccccc1N(CCN1CCN(c2ncccn2)CC1)C(=O)O. The number of para-hydroxylation sites is 2. The van der Waals surface area contributed by atoms with E-state index < -0.39 is 6.09 Å². The van der Waals surface area contributed by atoms with Gasteiger partial charge < -0.3 is 14.7 Å². The molecule has 1 saturated heterocycles. The molecule has 1 aromatic carbocycles. The molecule has 0 spiro atoms. The number of ether oxygens (including phenoxy) is 1. The molecule has 0 saturated carbocycles. The number of rotatable bonds is 7. The van der Waals surface area contributed by atoms with Gasteiger partial charge in [-0.1, -0.05) is 12.1 Å². The maximum absolute atomic E-state index is 11.8. The van der Waals surface area contributed by atoms with Gasteiger partial charge in [-0.05, 0) is 25.1 Å². The average Bonchev–Trinajstić information content (AvgIpc) is 2.70. The third-order valence-corrected chi connectivity index (χ3v) is 4.53. The van der Waals surface area contributed by atoms with Crippen molar-refractivity contribution in [3.63, 3.8) is 0 Å². The summed E-state index contributed by atoms with van der Waals surface area (Å²) < 4.78 is 5.58. The molecule has 0 radical (unpaired) electrons. The molecule has 144 valence electrons. The smallest absolute Gasteiger partial charge is 0.411 e. The van der Waals surface area contributed by atoms with Crippen molar-refractivity contribution in [1.29, 1.82) is 0 Å². The van der Waals surface area contributed by atoms with Crippen LogP contribution < -0.4 is 14.5 Å². The van der Waals surface area contributed by atoms with Gasteiger partial charge in [0.25, 0.3) is 0 Å². The fourth-order valence-corrected chi connectivity index (χ4v) is 3.14. The summed E-state index contributed by atoms with van der Waals surface area (Å²) in [6.45, 7) is 6.78. The van der Waals surface area contributed by atoms with Gasteiger partial charge in [-0.3, -0.25) is 9.80 Å². The minimum absolute atomic E-state index is 0.390. The number of hydrogen-bond donors (Lipinski definition) is 1. The van der Waals surface area contributed by atoms with E-state index in [1.54, 1.807) is 30.6 Å². The van der Waals surface area contributed by atoms with Crippen molar-refractivity contribution >= 4 is 17.7 Å². The largest absolute Gasteiger partial charge is 0.492 e. The zero-order valence-electron chi connectivity index (χ0n) is 15.5. The number of hydrogen-bond acceptors (Lipinski definition) is 6. The van der Waals surface area contributed by atoms with E-state index in [9.17, 15) is 9.90 Å². The second-order valence-corrected chi connectivity index (χ2v) is 6.21. The molecule has 0 atom stereocenters. The quantitative estimate of drug-likeness (QED) is 0.799. The molecule has 1 fully saturated rings. The number of carbonyl (C=O) groups is 1. The highest BCUT2D eigenvalue weighted by Gasteiger charge is 2.22. The van der Waals surface area contributed by atoms with Crippen molar-refractivity contribution in [1.82, 2.24) is 14.9 Å². The van der Waals surface area contributed by atoms with Crippen LogP contribution in [-0.4, -0.2) is 71.9 Å². The Balaban J connectivity index is 1.57. The van der Waals surface area contributed by atoms with Crippen LogP contribution in [0.15, 0.2) is 42.7 Å². The molecule has 2 heterocycles. The summed E-state index contributed by atoms with van der Waals surface area (Å²) in [7, 11) is 0. The molecular weight excluding hydrogens is 346 g/mol. The molecule has 0 bridgehead atoms. The minimum Gasteiger partial charge on any atom is -0.492 e. The van der Waals surface area contributed by atoms with Crippen LogP contribution in [0.2, 0.25) is 0 Å². The zero-order valence-corrected chi connectivity index (χ0v) is 15.5. The number of carboxylic acid groups (broad SMARTS) is 1. The molecule has 8 nitrogen and oxygen atoms in total. The minimum atomic E-state index is -0.974. The van der Waals surface area contributed by atoms with Crippen LogP contribution in [0.3, 0.4) is 0 Å². The van der Waals surface area contributed by atoms with Gasteiger partial charge in [-0.15, -0.1) is 0 Å². The van der Waals surface area contributed by atoms with Gasteiger partial charge in [0.1, 0.15) is 5.75 Å². The predicted molar refractivity (Wildman–Crippen MR) is 104 cm³/mol. The van der Waals surface area contributed by atoms with E-state index in [0.717, 1.165) is 32.1 Å². The van der Waals surface area contributed by atoms with Gasteiger partial charge in [0.2, 0.25) is 5.95 Å². The van der Waals surface area contributed by atoms with Crippen LogP contribution >= 0.6 is 0 Å². The molecule has 3 rings (SSSR count). The van der Waals surface area contributed by atoms with Gasteiger partial charge in [0, 0.05) is 51.7 Å². The summed E-state index contributed by atoms with van der Waals surface area (Å²) in [5.74, 6) is 1.34. The normalized spacial score (nSPS) is 14.8. The molecule has 1 aliphatic heterocycles. The molecule has 27 heavy (non-hydrogen) atoms. The van der Waals surface area contributed by atoms with Gasteiger partial charge in [0.15, 0.2) is 0 Å². The highest BCUT2D eigenvalue weighted by Crippen LogP contribution is 2.28. The maximum atomic E-state index is 11.8. The fourth-order valence-electron chi connectivity index (χ4n) is 3.14. The van der Waals surface area contributed by atoms with Crippen LogP contribution in [0.25, 0.3) is 0 Å². The van der Waals surface area contributed by atoms with Gasteiger partial charge in [0.05, 0.1) is 12.3 Å². The number of nitrogens with zero attached hydrogens (tertiary/aromatic N) is 5. The molecule has 1 aliphatic rings. The number of aromatic nitrogens is 2. The Kier molecular flexibility index (Phi) is 6.43. The van der Waals surface area contributed by atoms with E-state index in [0.29, 0.717) is 31.1 Å². The predicted octanol–water partition coefficient (Wildman–Crippen LogP) is 2.18. The van der Waals surface area contributed by atoms with Crippen LogP contribution in [0.5, 0.6) is 5.75 Å². The number of amides is 1. The fraction of sp³-hybridized carbons (Fsp3) is 0.421. The molecule has 2 aromatic rings. The van der Waals surface area contributed by atoms with Crippen molar-refractivity contribution < 1.29 is 14.6 Å². The lowest BCUT2D eigenvalue weighted by molar-refractivity contribution is 0.198. The molecule has 1 aromatic heterocycles. The summed E-state index contributed by atoms with van der Waals surface area (Å²) in [6, 6.07) is 9.06. The summed E-state index contributed by atoms with van der Waals surface area (Å²) in [6.07, 6.45) is 2.52. The van der Waals surface area contributed by atoms with Crippen molar-refractivity contribution in [2.45, 2.75) is 6.92 Å². The summed E-state index contributed by atoms with van der Waals surface area (Å²) in [5.41, 5.74) is 0.586. The van der Waals surface area contributed by atoms with Crippen molar-refractivity contribution in [3.8, 4) is 5.75 Å². The molecule has 1 N–H and O–H groups in total. The Hall–Kier alpha value is -2.87. The van der Waals surface area contributed by atoms with Crippen molar-refractivity contribution in [2.75, 3.05) is 55.7 Å². The summed E-state index contributed by atoms with van der Waals surface area (Å²) >= 11 is 0. The first-order valence-corrected chi connectivity index (χ1v) is 9.15.